The van der Waals surface area contributed by atoms with E-state index in [1.807, 2.05) is 26.0 Å². The van der Waals surface area contributed by atoms with Gasteiger partial charge in [-0.25, -0.2) is 4.98 Å². The minimum atomic E-state index is 0.661. The highest BCUT2D eigenvalue weighted by Gasteiger charge is 1.93. The maximum atomic E-state index is 4.17. The number of hydrogen-bond donors (Lipinski definition) is 1. The average molecular weight is 160 g/mol. The molecular formula is C10H12N2. The first kappa shape index (κ1) is 8.61. The Labute approximate surface area is 73.0 Å². The van der Waals surface area contributed by atoms with E-state index in [1.165, 1.54) is 0 Å². The quantitative estimate of drug-likeness (QED) is 0.667. The molecule has 0 aliphatic rings. The van der Waals surface area contributed by atoms with Gasteiger partial charge in [0.1, 0.15) is 5.82 Å². The van der Waals surface area contributed by atoms with Crippen molar-refractivity contribution in [3.8, 4) is 11.8 Å². The second kappa shape index (κ2) is 4.40. The van der Waals surface area contributed by atoms with E-state index < -0.39 is 0 Å². The van der Waals surface area contributed by atoms with Gasteiger partial charge in [-0.05, 0) is 25.5 Å². The van der Waals surface area contributed by atoms with E-state index in [0.29, 0.717) is 6.54 Å². The lowest BCUT2D eigenvalue weighted by atomic mass is 10.3. The van der Waals surface area contributed by atoms with Crippen molar-refractivity contribution in [2.24, 2.45) is 0 Å². The number of aryl methyl sites for hydroxylation is 1. The largest absolute Gasteiger partial charge is 0.359 e. The van der Waals surface area contributed by atoms with Gasteiger partial charge in [0.2, 0.25) is 0 Å². The van der Waals surface area contributed by atoms with Gasteiger partial charge in [0.15, 0.2) is 0 Å². The topological polar surface area (TPSA) is 24.9 Å². The van der Waals surface area contributed by atoms with E-state index in [0.717, 1.165) is 11.4 Å². The third kappa shape index (κ3) is 2.28. The Balaban J connectivity index is 2.61. The van der Waals surface area contributed by atoms with Crippen LogP contribution in [0.4, 0.5) is 5.82 Å². The summed E-state index contributed by atoms with van der Waals surface area (Å²) in [6.07, 6.45) is 1.77. The molecule has 2 heteroatoms. The van der Waals surface area contributed by atoms with Gasteiger partial charge >= 0.3 is 0 Å². The molecule has 1 rings (SSSR count). The molecule has 0 atom stereocenters. The number of nitrogens with zero attached hydrogens (tertiary/aromatic N) is 1. The van der Waals surface area contributed by atoms with Crippen molar-refractivity contribution in [3.05, 3.63) is 23.9 Å². The van der Waals surface area contributed by atoms with Crippen LogP contribution in [0.5, 0.6) is 0 Å². The Hall–Kier alpha value is -1.49. The van der Waals surface area contributed by atoms with Crippen LogP contribution in [0.2, 0.25) is 0 Å². The van der Waals surface area contributed by atoms with Crippen molar-refractivity contribution in [2.75, 3.05) is 11.9 Å². The van der Waals surface area contributed by atoms with Gasteiger partial charge in [-0.1, -0.05) is 12.0 Å². The number of nitrogens with one attached hydrogen (secondary N) is 1. The first-order valence-electron chi connectivity index (χ1n) is 3.89. The van der Waals surface area contributed by atoms with Gasteiger partial charge in [-0.2, -0.15) is 0 Å². The first-order chi connectivity index (χ1) is 5.84. The van der Waals surface area contributed by atoms with E-state index in [9.17, 15) is 0 Å². The fourth-order valence-corrected chi connectivity index (χ4v) is 0.887. The van der Waals surface area contributed by atoms with Crippen molar-refractivity contribution >= 4 is 5.82 Å². The summed E-state index contributed by atoms with van der Waals surface area (Å²) in [4.78, 5) is 4.17. The van der Waals surface area contributed by atoms with Gasteiger partial charge in [0.05, 0.1) is 6.54 Å². The fraction of sp³-hybridized carbons (Fsp3) is 0.300. The van der Waals surface area contributed by atoms with E-state index >= 15 is 0 Å². The normalized spacial score (nSPS) is 8.50. The molecule has 2 nitrogen and oxygen atoms in total. The highest BCUT2D eigenvalue weighted by molar-refractivity contribution is 5.43. The van der Waals surface area contributed by atoms with Crippen molar-refractivity contribution in [1.82, 2.24) is 4.98 Å². The molecule has 0 spiro atoms. The molecule has 0 bridgehead atoms. The average Bonchev–Trinajstić information content (AvgIpc) is 2.09. The molecule has 0 fully saturated rings. The standard InChI is InChI=1S/C10H12N2/c1-3-4-7-11-10-9(2)6-5-8-12-10/h5-6,8H,7H2,1-2H3,(H,11,12). The summed E-state index contributed by atoms with van der Waals surface area (Å²) in [5, 5.41) is 3.13. The summed E-state index contributed by atoms with van der Waals surface area (Å²) in [5.41, 5.74) is 1.15. The summed E-state index contributed by atoms with van der Waals surface area (Å²) in [5.74, 6) is 6.66. The summed E-state index contributed by atoms with van der Waals surface area (Å²) in [6, 6.07) is 3.95. The second-order valence-electron chi connectivity index (χ2n) is 2.45. The molecular weight excluding hydrogens is 148 g/mol. The van der Waals surface area contributed by atoms with Crippen LogP contribution in [0.15, 0.2) is 18.3 Å². The zero-order chi connectivity index (χ0) is 8.81. The Bertz CT molecular complexity index is 307. The molecule has 1 heterocycles. The lowest BCUT2D eigenvalue weighted by Crippen LogP contribution is -2.02. The first-order valence-corrected chi connectivity index (χ1v) is 3.89. The maximum Gasteiger partial charge on any atom is 0.129 e. The molecule has 1 aromatic rings. The Morgan fingerprint density at radius 1 is 1.58 bits per heavy atom. The van der Waals surface area contributed by atoms with Crippen LogP contribution in [0, 0.1) is 18.8 Å². The van der Waals surface area contributed by atoms with Gasteiger partial charge < -0.3 is 5.32 Å². The van der Waals surface area contributed by atoms with Crippen LogP contribution in [0.25, 0.3) is 0 Å². The number of pyridine rings is 1. The predicted molar refractivity (Wildman–Crippen MR) is 50.9 cm³/mol. The van der Waals surface area contributed by atoms with Crippen LogP contribution >= 0.6 is 0 Å². The predicted octanol–water partition coefficient (Wildman–Crippen LogP) is 1.83. The van der Waals surface area contributed by atoms with Crippen LogP contribution < -0.4 is 5.32 Å². The molecule has 12 heavy (non-hydrogen) atoms. The number of aromatic nitrogens is 1. The minimum Gasteiger partial charge on any atom is -0.359 e. The molecule has 1 N–H and O–H groups in total. The molecule has 0 radical (unpaired) electrons. The van der Waals surface area contributed by atoms with Crippen molar-refractivity contribution in [1.29, 1.82) is 0 Å². The Kier molecular flexibility index (Phi) is 3.16. The van der Waals surface area contributed by atoms with Gasteiger partial charge in [-0.15, -0.1) is 5.92 Å². The molecule has 0 amide bonds. The fourth-order valence-electron chi connectivity index (χ4n) is 0.887. The molecule has 1 aromatic heterocycles. The van der Waals surface area contributed by atoms with E-state index in [2.05, 4.69) is 22.1 Å². The van der Waals surface area contributed by atoms with Gasteiger partial charge in [-0.3, -0.25) is 0 Å². The number of anilines is 1. The molecule has 0 saturated heterocycles. The van der Waals surface area contributed by atoms with Crippen LogP contribution in [-0.2, 0) is 0 Å². The van der Waals surface area contributed by atoms with Crippen molar-refractivity contribution in [2.45, 2.75) is 13.8 Å². The molecule has 0 aliphatic heterocycles. The monoisotopic (exact) mass is 160 g/mol. The smallest absolute Gasteiger partial charge is 0.129 e. The third-order valence-corrected chi connectivity index (χ3v) is 1.53. The molecule has 0 unspecified atom stereocenters. The molecule has 0 aliphatic carbocycles. The molecule has 0 aromatic carbocycles. The van der Waals surface area contributed by atoms with Gasteiger partial charge in [0.25, 0.3) is 0 Å². The number of hydrogen-bond acceptors (Lipinski definition) is 2. The van der Waals surface area contributed by atoms with Crippen molar-refractivity contribution < 1.29 is 0 Å². The van der Waals surface area contributed by atoms with E-state index in [4.69, 9.17) is 0 Å². The zero-order valence-electron chi connectivity index (χ0n) is 7.39. The van der Waals surface area contributed by atoms with Crippen LogP contribution in [-0.4, -0.2) is 11.5 Å². The third-order valence-electron chi connectivity index (χ3n) is 1.53. The van der Waals surface area contributed by atoms with Crippen molar-refractivity contribution in [3.63, 3.8) is 0 Å². The van der Waals surface area contributed by atoms with E-state index in [-0.39, 0.29) is 0 Å². The minimum absolute atomic E-state index is 0.661. The second-order valence-corrected chi connectivity index (χ2v) is 2.45. The SMILES string of the molecule is CC#CCNc1ncccc1C. The summed E-state index contributed by atoms with van der Waals surface area (Å²) in [6.45, 7) is 4.51. The Morgan fingerprint density at radius 2 is 2.42 bits per heavy atom. The lowest BCUT2D eigenvalue weighted by Gasteiger charge is -2.03. The maximum absolute atomic E-state index is 4.17. The molecule has 0 saturated carbocycles. The zero-order valence-corrected chi connectivity index (χ0v) is 7.39. The summed E-state index contributed by atoms with van der Waals surface area (Å²) in [7, 11) is 0. The molecule has 62 valence electrons. The van der Waals surface area contributed by atoms with Gasteiger partial charge in [0, 0.05) is 6.20 Å². The summed E-state index contributed by atoms with van der Waals surface area (Å²) >= 11 is 0. The highest BCUT2D eigenvalue weighted by atomic mass is 15.0. The highest BCUT2D eigenvalue weighted by Crippen LogP contribution is 2.07. The summed E-state index contributed by atoms with van der Waals surface area (Å²) < 4.78 is 0. The van der Waals surface area contributed by atoms with Crippen LogP contribution in [0.1, 0.15) is 12.5 Å². The van der Waals surface area contributed by atoms with E-state index in [1.54, 1.807) is 6.20 Å². The van der Waals surface area contributed by atoms with Crippen LogP contribution in [0.3, 0.4) is 0 Å². The lowest BCUT2D eigenvalue weighted by molar-refractivity contribution is 1.21. The number of rotatable bonds is 2. The Morgan fingerprint density at radius 3 is 3.08 bits per heavy atom.